The molecule has 0 aromatic heterocycles. The van der Waals surface area contributed by atoms with Gasteiger partial charge in [-0.25, -0.2) is 0 Å². The van der Waals surface area contributed by atoms with Gasteiger partial charge in [0.05, 0.1) is 23.8 Å². The zero-order valence-corrected chi connectivity index (χ0v) is 22.4. The number of nitrogens with zero attached hydrogens (tertiary/aromatic N) is 2. The van der Waals surface area contributed by atoms with E-state index in [-0.39, 0.29) is 18.1 Å². The molecule has 0 N–H and O–H groups in total. The number of para-hydroxylation sites is 1. The number of ether oxygens (including phenoxy) is 1. The van der Waals surface area contributed by atoms with Crippen molar-refractivity contribution in [2.24, 2.45) is 0 Å². The molecule has 1 heterocycles. The van der Waals surface area contributed by atoms with Gasteiger partial charge in [-0.15, -0.1) is 0 Å². The van der Waals surface area contributed by atoms with E-state index in [0.29, 0.717) is 37.5 Å². The van der Waals surface area contributed by atoms with Crippen molar-refractivity contribution in [1.82, 2.24) is 4.90 Å². The maximum absolute atomic E-state index is 13.6. The van der Waals surface area contributed by atoms with Gasteiger partial charge in [-0.05, 0) is 74.2 Å². The lowest BCUT2D eigenvalue weighted by Gasteiger charge is -2.47. The maximum Gasteiger partial charge on any atom is 0.416 e. The number of aryl methyl sites for hydroxylation is 1. The van der Waals surface area contributed by atoms with Gasteiger partial charge in [-0.3, -0.25) is 4.90 Å². The van der Waals surface area contributed by atoms with Crippen LogP contribution in [0.15, 0.2) is 60.7 Å². The van der Waals surface area contributed by atoms with Crippen LogP contribution in [0.1, 0.15) is 40.3 Å². The lowest BCUT2D eigenvalue weighted by molar-refractivity contribution is -0.143. The van der Waals surface area contributed by atoms with E-state index in [9.17, 15) is 26.3 Å². The van der Waals surface area contributed by atoms with Gasteiger partial charge in [0.2, 0.25) is 0 Å². The minimum absolute atomic E-state index is 0.0393. The molecule has 3 aromatic carbocycles. The van der Waals surface area contributed by atoms with Gasteiger partial charge in [0.1, 0.15) is 5.75 Å². The van der Waals surface area contributed by atoms with Crippen molar-refractivity contribution >= 4 is 5.69 Å². The normalized spacial score (nSPS) is 16.7. The molecule has 210 valence electrons. The average molecular weight is 551 g/mol. The third kappa shape index (κ3) is 6.03. The summed E-state index contributed by atoms with van der Waals surface area (Å²) < 4.78 is 87.4. The molecule has 1 unspecified atom stereocenters. The fraction of sp³-hybridized carbons (Fsp3) is 0.400. The minimum atomic E-state index is -4.91. The molecule has 4 rings (SSSR count). The van der Waals surface area contributed by atoms with E-state index >= 15 is 0 Å². The van der Waals surface area contributed by atoms with Gasteiger partial charge >= 0.3 is 12.4 Å². The summed E-state index contributed by atoms with van der Waals surface area (Å²) in [5.41, 5.74) is 0.597. The van der Waals surface area contributed by atoms with Crippen molar-refractivity contribution in [3.8, 4) is 5.75 Å². The van der Waals surface area contributed by atoms with E-state index in [1.165, 1.54) is 18.2 Å². The summed E-state index contributed by atoms with van der Waals surface area (Å²) in [5, 5.41) is 0. The Hall–Kier alpha value is -3.20. The highest BCUT2D eigenvalue weighted by Crippen LogP contribution is 2.42. The molecule has 0 amide bonds. The smallest absolute Gasteiger partial charge is 0.416 e. The predicted octanol–water partition coefficient (Wildman–Crippen LogP) is 7.63. The van der Waals surface area contributed by atoms with E-state index in [1.54, 1.807) is 18.2 Å². The minimum Gasteiger partial charge on any atom is -0.496 e. The number of alkyl halides is 6. The molecule has 3 aromatic rings. The Kier molecular flexibility index (Phi) is 7.94. The first kappa shape index (κ1) is 28.8. The first-order valence-corrected chi connectivity index (χ1v) is 12.7. The lowest BCUT2D eigenvalue weighted by Crippen LogP contribution is -2.55. The summed E-state index contributed by atoms with van der Waals surface area (Å²) in [5.74, 6) is 0.528. The predicted molar refractivity (Wildman–Crippen MR) is 140 cm³/mol. The van der Waals surface area contributed by atoms with E-state index in [1.807, 2.05) is 19.1 Å². The average Bonchev–Trinajstić information content (AvgIpc) is 2.89. The van der Waals surface area contributed by atoms with Crippen molar-refractivity contribution < 1.29 is 31.1 Å². The topological polar surface area (TPSA) is 15.7 Å². The maximum atomic E-state index is 13.6. The molecule has 1 fully saturated rings. The van der Waals surface area contributed by atoms with Crippen LogP contribution in [-0.4, -0.2) is 38.2 Å². The third-order valence-electron chi connectivity index (χ3n) is 7.78. The van der Waals surface area contributed by atoms with Crippen molar-refractivity contribution in [3.63, 3.8) is 0 Å². The zero-order chi connectivity index (χ0) is 28.6. The fourth-order valence-electron chi connectivity index (χ4n) is 5.50. The largest absolute Gasteiger partial charge is 0.496 e. The van der Waals surface area contributed by atoms with Crippen LogP contribution in [0.2, 0.25) is 0 Å². The highest BCUT2D eigenvalue weighted by Gasteiger charge is 2.41. The molecular weight excluding hydrogens is 518 g/mol. The second kappa shape index (κ2) is 10.8. The lowest BCUT2D eigenvalue weighted by atomic mass is 9.82. The molecule has 1 saturated heterocycles. The molecule has 0 radical (unpaired) electrons. The molecule has 1 aliphatic rings. The van der Waals surface area contributed by atoms with E-state index in [0.717, 1.165) is 17.8 Å². The monoisotopic (exact) mass is 550 g/mol. The number of hydrogen-bond donors (Lipinski definition) is 0. The Labute approximate surface area is 225 Å². The Balaban J connectivity index is 1.74. The van der Waals surface area contributed by atoms with Crippen LogP contribution in [0.4, 0.5) is 32.0 Å². The fourth-order valence-corrected chi connectivity index (χ4v) is 5.50. The second-order valence-corrected chi connectivity index (χ2v) is 10.3. The highest BCUT2D eigenvalue weighted by molar-refractivity contribution is 5.56. The summed E-state index contributed by atoms with van der Waals surface area (Å²) >= 11 is 0. The van der Waals surface area contributed by atoms with E-state index < -0.39 is 29.0 Å². The molecule has 0 aliphatic carbocycles. The summed E-state index contributed by atoms with van der Waals surface area (Å²) in [6, 6.07) is 15.1. The van der Waals surface area contributed by atoms with Crippen LogP contribution >= 0.6 is 0 Å². The Morgan fingerprint density at radius 2 is 1.36 bits per heavy atom. The SMILES string of the molecule is COc1ccccc1C(C)(Cc1cc(C(F)(F)F)cc(C(F)(F)F)c1)N1CCN(c2cccc(C)c2C)CC1. The number of benzene rings is 3. The number of rotatable bonds is 6. The Bertz CT molecular complexity index is 1280. The molecular formula is C30H32F6N2O. The van der Waals surface area contributed by atoms with Crippen LogP contribution in [0, 0.1) is 13.8 Å². The number of anilines is 1. The molecule has 9 heteroatoms. The summed E-state index contributed by atoms with van der Waals surface area (Å²) in [4.78, 5) is 4.41. The third-order valence-corrected chi connectivity index (χ3v) is 7.78. The highest BCUT2D eigenvalue weighted by atomic mass is 19.4. The molecule has 0 bridgehead atoms. The molecule has 0 saturated carbocycles. The van der Waals surface area contributed by atoms with Crippen molar-refractivity contribution in [1.29, 1.82) is 0 Å². The second-order valence-electron chi connectivity index (χ2n) is 10.3. The number of halogens is 6. The summed E-state index contributed by atoms with van der Waals surface area (Å²) in [6.45, 7) is 8.43. The van der Waals surface area contributed by atoms with Crippen LogP contribution in [0.3, 0.4) is 0 Å². The first-order chi connectivity index (χ1) is 18.2. The Morgan fingerprint density at radius 3 is 1.92 bits per heavy atom. The molecule has 1 aliphatic heterocycles. The number of methoxy groups -OCH3 is 1. The van der Waals surface area contributed by atoms with Crippen molar-refractivity contribution in [2.45, 2.75) is 45.1 Å². The van der Waals surface area contributed by atoms with Gasteiger partial charge < -0.3 is 9.64 Å². The van der Waals surface area contributed by atoms with Crippen molar-refractivity contribution in [2.75, 3.05) is 38.2 Å². The van der Waals surface area contributed by atoms with Crippen LogP contribution in [0.25, 0.3) is 0 Å². The summed E-state index contributed by atoms with van der Waals surface area (Å²) in [7, 11) is 1.50. The molecule has 39 heavy (non-hydrogen) atoms. The van der Waals surface area contributed by atoms with Gasteiger partial charge in [-0.2, -0.15) is 26.3 Å². The number of hydrogen-bond acceptors (Lipinski definition) is 3. The van der Waals surface area contributed by atoms with E-state index in [4.69, 9.17) is 4.74 Å². The van der Waals surface area contributed by atoms with Crippen LogP contribution < -0.4 is 9.64 Å². The molecule has 0 spiro atoms. The van der Waals surface area contributed by atoms with Crippen molar-refractivity contribution in [3.05, 3.63) is 94.0 Å². The van der Waals surface area contributed by atoms with Crippen LogP contribution in [0.5, 0.6) is 5.75 Å². The standard InChI is InChI=1S/C30H32F6N2O/c1-20-8-7-10-26(21(20)2)37-12-14-38(15-13-37)28(3,25-9-5-6-11-27(25)39-4)19-22-16-23(29(31,32)33)18-24(17-22)30(34,35)36/h5-11,16-18H,12-15,19H2,1-4H3. The molecule has 1 atom stereocenters. The van der Waals surface area contributed by atoms with Gasteiger partial charge in [0.15, 0.2) is 0 Å². The van der Waals surface area contributed by atoms with Crippen LogP contribution in [-0.2, 0) is 24.3 Å². The number of piperazine rings is 1. The first-order valence-electron chi connectivity index (χ1n) is 12.7. The Morgan fingerprint density at radius 1 is 0.769 bits per heavy atom. The van der Waals surface area contributed by atoms with Gasteiger partial charge in [0, 0.05) is 37.4 Å². The van der Waals surface area contributed by atoms with Gasteiger partial charge in [-0.1, -0.05) is 30.3 Å². The quantitative estimate of drug-likeness (QED) is 0.294. The summed E-state index contributed by atoms with van der Waals surface area (Å²) in [6.07, 6.45) is -9.88. The molecule has 3 nitrogen and oxygen atoms in total. The van der Waals surface area contributed by atoms with E-state index in [2.05, 4.69) is 35.8 Å². The van der Waals surface area contributed by atoms with Gasteiger partial charge in [0.25, 0.3) is 0 Å². The zero-order valence-electron chi connectivity index (χ0n) is 22.4.